The van der Waals surface area contributed by atoms with Crippen LogP contribution in [-0.2, 0) is 16.0 Å². The lowest BCUT2D eigenvalue weighted by molar-refractivity contribution is -0.384. The lowest BCUT2D eigenvalue weighted by atomic mass is 9.57. The van der Waals surface area contributed by atoms with Gasteiger partial charge in [0.15, 0.2) is 0 Å². The first-order valence-corrected chi connectivity index (χ1v) is 7.93. The molecule has 6 nitrogen and oxygen atoms in total. The largest absolute Gasteiger partial charge is 0.377 e. The van der Waals surface area contributed by atoms with Crippen LogP contribution in [-0.4, -0.2) is 41.5 Å². The topological polar surface area (TPSA) is 72.7 Å². The normalized spacial score (nSPS) is 27.9. The molecule has 2 aliphatic rings. The van der Waals surface area contributed by atoms with Crippen molar-refractivity contribution >= 4 is 11.6 Å². The molecule has 0 radical (unpaired) electrons. The first-order valence-electron chi connectivity index (χ1n) is 7.93. The quantitative estimate of drug-likeness (QED) is 0.631. The summed E-state index contributed by atoms with van der Waals surface area (Å²) in [5, 5.41) is 10.7. The summed E-state index contributed by atoms with van der Waals surface area (Å²) >= 11 is 0. The van der Waals surface area contributed by atoms with E-state index >= 15 is 0 Å². The number of amides is 1. The van der Waals surface area contributed by atoms with Crippen LogP contribution in [0.25, 0.3) is 0 Å². The van der Waals surface area contributed by atoms with Gasteiger partial charge in [-0.1, -0.05) is 26.0 Å². The minimum Gasteiger partial charge on any atom is -0.377 e. The molecule has 1 saturated heterocycles. The van der Waals surface area contributed by atoms with Crippen molar-refractivity contribution in [3.63, 3.8) is 0 Å². The smallest absolute Gasteiger partial charge is 0.269 e. The molecule has 1 aliphatic heterocycles. The predicted octanol–water partition coefficient (Wildman–Crippen LogP) is 2.41. The molecule has 1 aromatic carbocycles. The maximum Gasteiger partial charge on any atom is 0.269 e. The molecule has 2 fully saturated rings. The highest BCUT2D eigenvalue weighted by Crippen LogP contribution is 2.54. The van der Waals surface area contributed by atoms with E-state index in [9.17, 15) is 14.9 Å². The molecule has 3 atom stereocenters. The van der Waals surface area contributed by atoms with Crippen molar-refractivity contribution in [3.05, 3.63) is 39.9 Å². The Labute approximate surface area is 135 Å². The van der Waals surface area contributed by atoms with Crippen molar-refractivity contribution < 1.29 is 14.5 Å². The summed E-state index contributed by atoms with van der Waals surface area (Å²) in [5.74, 6) is 0.470. The Bertz CT molecular complexity index is 626. The summed E-state index contributed by atoms with van der Waals surface area (Å²) < 4.78 is 5.78. The molecule has 1 amide bonds. The van der Waals surface area contributed by atoms with Crippen LogP contribution in [0.2, 0.25) is 0 Å². The van der Waals surface area contributed by atoms with Crippen LogP contribution < -0.4 is 0 Å². The predicted molar refractivity (Wildman–Crippen MR) is 85.0 cm³/mol. The number of carbonyl (C=O) groups is 1. The van der Waals surface area contributed by atoms with Crippen molar-refractivity contribution in [2.45, 2.75) is 38.8 Å². The molecule has 124 valence electrons. The number of rotatable bonds is 4. The molecule has 1 saturated carbocycles. The zero-order chi connectivity index (χ0) is 16.8. The zero-order valence-corrected chi connectivity index (χ0v) is 13.7. The number of nitro benzene ring substituents is 1. The van der Waals surface area contributed by atoms with Crippen LogP contribution in [0.4, 0.5) is 5.69 Å². The standard InChI is InChI=1S/C17H22N2O4/c1-17(2)15(13-8-9-23-16(13)17)18(3)14(20)10-11-4-6-12(7-5-11)19(21)22/h4-7,13,15-16H,8-10H2,1-3H3/t13-,15+,16-/m0/s1. The number of carbonyl (C=O) groups excluding carboxylic acids is 1. The van der Waals surface area contributed by atoms with Crippen molar-refractivity contribution in [1.29, 1.82) is 0 Å². The molecule has 0 bridgehead atoms. The molecule has 6 heteroatoms. The van der Waals surface area contributed by atoms with Gasteiger partial charge in [0, 0.05) is 43.2 Å². The van der Waals surface area contributed by atoms with E-state index in [0.29, 0.717) is 5.92 Å². The third-order valence-electron chi connectivity index (χ3n) is 5.35. The zero-order valence-electron chi connectivity index (χ0n) is 13.7. The number of non-ortho nitro benzene ring substituents is 1. The Morgan fingerprint density at radius 3 is 2.65 bits per heavy atom. The van der Waals surface area contributed by atoms with Crippen molar-refractivity contribution in [3.8, 4) is 0 Å². The lowest BCUT2D eigenvalue weighted by Gasteiger charge is -2.57. The van der Waals surface area contributed by atoms with Crippen LogP contribution in [0.1, 0.15) is 25.8 Å². The van der Waals surface area contributed by atoms with Crippen LogP contribution >= 0.6 is 0 Å². The van der Waals surface area contributed by atoms with Gasteiger partial charge in [-0.25, -0.2) is 0 Å². The molecule has 23 heavy (non-hydrogen) atoms. The highest BCUT2D eigenvalue weighted by Gasteiger charge is 2.61. The van der Waals surface area contributed by atoms with Crippen molar-refractivity contribution in [2.24, 2.45) is 11.3 Å². The van der Waals surface area contributed by atoms with Crippen LogP contribution in [0, 0.1) is 21.4 Å². The Kier molecular flexibility index (Phi) is 3.88. The first kappa shape index (κ1) is 15.9. The summed E-state index contributed by atoms with van der Waals surface area (Å²) in [5.41, 5.74) is 0.811. The van der Waals surface area contributed by atoms with Crippen LogP contribution in [0.15, 0.2) is 24.3 Å². The van der Waals surface area contributed by atoms with Gasteiger partial charge in [0.2, 0.25) is 5.91 Å². The average Bonchev–Trinajstić information content (AvgIpc) is 2.93. The molecule has 0 aromatic heterocycles. The van der Waals surface area contributed by atoms with E-state index in [1.807, 2.05) is 11.9 Å². The van der Waals surface area contributed by atoms with Gasteiger partial charge >= 0.3 is 0 Å². The fraction of sp³-hybridized carbons (Fsp3) is 0.588. The highest BCUT2D eigenvalue weighted by molar-refractivity contribution is 5.79. The number of likely N-dealkylation sites (N-methyl/N-ethyl adjacent to an activating group) is 1. The Morgan fingerprint density at radius 1 is 1.39 bits per heavy atom. The van der Waals surface area contributed by atoms with E-state index in [1.54, 1.807) is 12.1 Å². The number of hydrogen-bond donors (Lipinski definition) is 0. The summed E-state index contributed by atoms with van der Waals surface area (Å²) in [6.45, 7) is 5.08. The number of nitro groups is 1. The van der Waals surface area contributed by atoms with Crippen molar-refractivity contribution in [2.75, 3.05) is 13.7 Å². The second-order valence-electron chi connectivity index (χ2n) is 7.12. The van der Waals surface area contributed by atoms with E-state index in [4.69, 9.17) is 4.74 Å². The fourth-order valence-corrected chi connectivity index (χ4v) is 4.27. The van der Waals surface area contributed by atoms with Crippen molar-refractivity contribution in [1.82, 2.24) is 4.90 Å². The molecular weight excluding hydrogens is 296 g/mol. The third kappa shape index (κ3) is 2.61. The van der Waals surface area contributed by atoms with Crippen LogP contribution in [0.5, 0.6) is 0 Å². The van der Waals surface area contributed by atoms with E-state index in [2.05, 4.69) is 13.8 Å². The van der Waals surface area contributed by atoms with Gasteiger partial charge in [-0.15, -0.1) is 0 Å². The maximum atomic E-state index is 12.6. The summed E-state index contributed by atoms with van der Waals surface area (Å²) in [7, 11) is 1.86. The molecule has 1 aliphatic carbocycles. The van der Waals surface area contributed by atoms with Gasteiger partial charge in [0.05, 0.1) is 17.4 Å². The number of nitrogens with zero attached hydrogens (tertiary/aromatic N) is 2. The van der Waals surface area contributed by atoms with Gasteiger partial charge in [-0.05, 0) is 12.0 Å². The molecule has 3 rings (SSSR count). The molecule has 1 heterocycles. The first-order chi connectivity index (χ1) is 10.8. The SMILES string of the molecule is CN(C(=O)Cc1ccc([N+](=O)[O-])cc1)[C@@H]1[C@@H]2CCO[C@@H]2C1(C)C. The Balaban J connectivity index is 1.67. The number of benzene rings is 1. The third-order valence-corrected chi connectivity index (χ3v) is 5.35. The minimum absolute atomic E-state index is 0.0267. The van der Waals surface area contributed by atoms with Crippen LogP contribution in [0.3, 0.4) is 0 Å². The number of ether oxygens (including phenoxy) is 1. The summed E-state index contributed by atoms with van der Waals surface area (Å²) in [6.07, 6.45) is 1.52. The molecular formula is C17H22N2O4. The highest BCUT2D eigenvalue weighted by atomic mass is 16.6. The Hall–Kier alpha value is -1.95. The van der Waals surface area contributed by atoms with Gasteiger partial charge in [0.1, 0.15) is 0 Å². The number of hydrogen-bond acceptors (Lipinski definition) is 4. The number of fused-ring (bicyclic) bond motifs is 1. The second-order valence-corrected chi connectivity index (χ2v) is 7.12. The Morgan fingerprint density at radius 2 is 2.04 bits per heavy atom. The summed E-state index contributed by atoms with van der Waals surface area (Å²) in [6, 6.07) is 6.38. The average molecular weight is 318 g/mol. The lowest BCUT2D eigenvalue weighted by Crippen LogP contribution is -2.67. The maximum absolute atomic E-state index is 12.6. The molecule has 0 unspecified atom stereocenters. The minimum atomic E-state index is -0.436. The monoisotopic (exact) mass is 318 g/mol. The second kappa shape index (κ2) is 5.60. The summed E-state index contributed by atoms with van der Waals surface area (Å²) in [4.78, 5) is 24.7. The molecule has 0 spiro atoms. The van der Waals surface area contributed by atoms with Gasteiger partial charge in [-0.2, -0.15) is 0 Å². The van der Waals surface area contributed by atoms with E-state index < -0.39 is 4.92 Å². The molecule has 0 N–H and O–H groups in total. The fourth-order valence-electron chi connectivity index (χ4n) is 4.27. The van der Waals surface area contributed by atoms with Gasteiger partial charge < -0.3 is 9.64 Å². The van der Waals surface area contributed by atoms with Gasteiger partial charge in [-0.3, -0.25) is 14.9 Å². The van der Waals surface area contributed by atoms with Gasteiger partial charge in [0.25, 0.3) is 5.69 Å². The van der Waals surface area contributed by atoms with E-state index in [1.165, 1.54) is 12.1 Å². The van der Waals surface area contributed by atoms with E-state index in [0.717, 1.165) is 18.6 Å². The molecule has 1 aromatic rings. The van der Waals surface area contributed by atoms with E-state index in [-0.39, 0.29) is 35.6 Å².